The van der Waals surface area contributed by atoms with Crippen molar-refractivity contribution in [1.29, 1.82) is 0 Å². The number of carbonyl (C=O) groups excluding carboxylic acids is 1. The van der Waals surface area contributed by atoms with E-state index in [1.54, 1.807) is 12.3 Å². The topological polar surface area (TPSA) is 187 Å². The molecule has 0 amide bonds. The molecule has 19 atom stereocenters. The van der Waals surface area contributed by atoms with Gasteiger partial charge in [0.1, 0.15) is 5.69 Å². The highest BCUT2D eigenvalue weighted by Crippen LogP contribution is 2.79. The summed E-state index contributed by atoms with van der Waals surface area (Å²) in [6.45, 7) is 43.8. The van der Waals surface area contributed by atoms with E-state index in [1.807, 2.05) is 6.07 Å². The van der Waals surface area contributed by atoms with Crippen LogP contribution in [-0.4, -0.2) is 136 Å². The SMILES string of the molecule is C=C(C)[C@@H]1CC[C@]2(CN(C)CCCN3CCS(=O)(=O)C(OC(=O)c4cnc(N5CC[C@]6(C)[C@H]7CC[C@@H]8[C@H]9[C@H](C(=C)C)CC[C@]9(C(=O)O)CC[C@@]8(C)[C@]7(C)CC[C@H]6C5(C)C)nc4)C3)CC[C@]3(C)[C@H](CC[C@@H]4[C@@]5(C)CCN(c6ccc(C(=O)O)nc6)C(C)(C)[C@@H]5CC[C@]43C)[C@@H]12. The van der Waals surface area contributed by atoms with E-state index in [1.165, 1.54) is 69.3 Å². The number of carbonyl (C=O) groups is 3. The Morgan fingerprint density at radius 3 is 1.75 bits per heavy atom. The maximum Gasteiger partial charge on any atom is 0.354 e. The van der Waals surface area contributed by atoms with Gasteiger partial charge in [0.05, 0.1) is 35.2 Å². The lowest BCUT2D eigenvalue weighted by Crippen LogP contribution is -2.70. The molecule has 3 saturated heterocycles. The number of nitrogens with zero attached hydrogens (tertiary/aromatic N) is 7. The van der Waals surface area contributed by atoms with Gasteiger partial charge in [0.15, 0.2) is 9.84 Å². The number of carboxylic acids is 2. The van der Waals surface area contributed by atoms with Crippen LogP contribution in [0.5, 0.6) is 0 Å². The number of esters is 1. The number of anilines is 2. The fraction of sp³-hybridized carbons (Fsp3) is 0.792. The van der Waals surface area contributed by atoms with Crippen LogP contribution in [-0.2, 0) is 19.4 Å². The van der Waals surface area contributed by atoms with Crippen LogP contribution in [0.4, 0.5) is 11.6 Å². The summed E-state index contributed by atoms with van der Waals surface area (Å²) in [6, 6.07) is 3.61. The quantitative estimate of drug-likeness (QED) is 0.134. The number of allylic oxidation sites excluding steroid dienone is 2. The van der Waals surface area contributed by atoms with Gasteiger partial charge in [-0.05, 0) is 293 Å². The van der Waals surface area contributed by atoms with Gasteiger partial charge >= 0.3 is 17.9 Å². The number of rotatable bonds is 14. The number of hydrogen-bond acceptors (Lipinski definition) is 13. The molecule has 0 bridgehead atoms. The summed E-state index contributed by atoms with van der Waals surface area (Å²) in [6.07, 6.45) is 25.5. The van der Waals surface area contributed by atoms with E-state index in [9.17, 15) is 33.0 Å². The first-order chi connectivity index (χ1) is 43.6. The zero-order chi connectivity index (χ0) is 66.8. The standard InChI is InChI=1S/C77H115N7O8S/c1-48(2)52-23-29-76(33-31-72(11)54(62(52)76)18-21-59-70(9)35-39-83(51-17-20-56(64(85)86)78-45-51)68(5,6)57(70)25-27-74(59,72)13)47-81(15)37-16-38-82-41-42-93(90,91)61(46-82)92-65(87)50-43-79-67(80-44-50)84-40-36-71(10)58(69(84,7)8)26-28-75(14)60(71)22-19-55-63-53(49(3)4)24-30-77(63,66(88)89)34-32-73(55,75)12/h17,20,43-45,52-55,57-63H,1,3,16,18-19,21-42,46-47H2,2,4-15H3,(H,85,86)(H,88,89)/t52-,53-,54+,55+,57-,58-,59+,60+,61?,62+,63+,70-,71-,72+,73+,74+,75+,76+,77-/m0/s1. The molecule has 2 aromatic rings. The number of ether oxygens (including phenoxy) is 1. The Morgan fingerprint density at radius 2 is 1.18 bits per heavy atom. The van der Waals surface area contributed by atoms with Crippen molar-refractivity contribution >= 4 is 39.4 Å². The predicted molar refractivity (Wildman–Crippen MR) is 366 cm³/mol. The monoisotopic (exact) mass is 1300 g/mol. The summed E-state index contributed by atoms with van der Waals surface area (Å²) in [7, 11) is -1.39. The maximum absolute atomic E-state index is 14.0. The van der Waals surface area contributed by atoms with E-state index in [0.717, 1.165) is 108 Å². The lowest BCUT2D eigenvalue weighted by Gasteiger charge is -2.73. The Bertz CT molecular complexity index is 3410. The lowest BCUT2D eigenvalue weighted by atomic mass is 9.33. The average molecular weight is 1300 g/mol. The number of pyridine rings is 1. The van der Waals surface area contributed by atoms with Crippen molar-refractivity contribution in [3.63, 3.8) is 0 Å². The van der Waals surface area contributed by atoms with Crippen molar-refractivity contribution in [3.8, 4) is 0 Å². The van der Waals surface area contributed by atoms with E-state index in [2.05, 4.69) is 121 Å². The van der Waals surface area contributed by atoms with Crippen LogP contribution in [0.1, 0.15) is 226 Å². The van der Waals surface area contributed by atoms with Crippen molar-refractivity contribution in [2.45, 2.75) is 222 Å². The van der Waals surface area contributed by atoms with Gasteiger partial charge in [0, 0.05) is 49.7 Å². The molecule has 13 rings (SSSR count). The second kappa shape index (κ2) is 22.8. The zero-order valence-electron chi connectivity index (χ0n) is 59.1. The molecule has 512 valence electrons. The second-order valence-corrected chi connectivity index (χ2v) is 38.1. The fourth-order valence-corrected chi connectivity index (χ4v) is 28.5. The van der Waals surface area contributed by atoms with E-state index in [0.29, 0.717) is 66.4 Å². The molecular formula is C77H115N7O8S. The molecule has 8 aliphatic carbocycles. The van der Waals surface area contributed by atoms with Gasteiger partial charge in [0.25, 0.3) is 0 Å². The minimum atomic E-state index is -3.70. The van der Waals surface area contributed by atoms with Crippen molar-refractivity contribution in [3.05, 3.63) is 66.3 Å². The fourth-order valence-electron chi connectivity index (χ4n) is 27.0. The first-order valence-electron chi connectivity index (χ1n) is 36.5. The molecule has 15 nitrogen and oxygen atoms in total. The maximum atomic E-state index is 14.0. The highest BCUT2D eigenvalue weighted by Gasteiger charge is 2.74. The molecule has 0 spiro atoms. The van der Waals surface area contributed by atoms with Gasteiger partial charge in [-0.2, -0.15) is 0 Å². The van der Waals surface area contributed by atoms with Crippen molar-refractivity contribution in [2.75, 3.05) is 68.4 Å². The molecule has 5 heterocycles. The van der Waals surface area contributed by atoms with E-state index >= 15 is 0 Å². The molecule has 0 radical (unpaired) electrons. The molecule has 11 fully saturated rings. The number of carboxylic acid groups (broad SMARTS) is 2. The van der Waals surface area contributed by atoms with Crippen LogP contribution in [0.25, 0.3) is 0 Å². The minimum absolute atomic E-state index is 0.0458. The number of aliphatic carboxylic acids is 1. The zero-order valence-corrected chi connectivity index (χ0v) is 59.9. The van der Waals surface area contributed by atoms with Gasteiger partial charge in [-0.3, -0.25) is 9.69 Å². The van der Waals surface area contributed by atoms with Gasteiger partial charge in [0.2, 0.25) is 11.4 Å². The molecule has 11 aliphatic rings. The number of hydrogen-bond donors (Lipinski definition) is 2. The van der Waals surface area contributed by atoms with Crippen LogP contribution in [0.15, 0.2) is 55.0 Å². The van der Waals surface area contributed by atoms with Crippen LogP contribution in [0.2, 0.25) is 0 Å². The number of aromatic nitrogens is 3. The average Bonchev–Trinajstić information content (AvgIpc) is 1.65. The van der Waals surface area contributed by atoms with E-state index in [-0.39, 0.29) is 84.4 Å². The van der Waals surface area contributed by atoms with Crippen LogP contribution in [0, 0.1) is 102 Å². The third-order valence-corrected chi connectivity index (χ3v) is 33.6. The summed E-state index contributed by atoms with van der Waals surface area (Å²) in [5.41, 5.74) is 2.51. The van der Waals surface area contributed by atoms with Crippen molar-refractivity contribution in [1.82, 2.24) is 24.8 Å². The molecular weight excluding hydrogens is 1180 g/mol. The van der Waals surface area contributed by atoms with E-state index < -0.39 is 38.6 Å². The minimum Gasteiger partial charge on any atom is -0.481 e. The third-order valence-electron chi connectivity index (χ3n) is 31.8. The summed E-state index contributed by atoms with van der Waals surface area (Å²) in [5.74, 6) is 2.75. The Morgan fingerprint density at radius 1 is 0.624 bits per heavy atom. The summed E-state index contributed by atoms with van der Waals surface area (Å²) < 4.78 is 33.3. The summed E-state index contributed by atoms with van der Waals surface area (Å²) in [4.78, 5) is 62.5. The van der Waals surface area contributed by atoms with Crippen LogP contribution >= 0.6 is 0 Å². The molecule has 2 aromatic heterocycles. The Kier molecular flexibility index (Phi) is 16.5. The highest BCUT2D eigenvalue weighted by molar-refractivity contribution is 7.92. The molecule has 3 aliphatic heterocycles. The smallest absolute Gasteiger partial charge is 0.354 e. The van der Waals surface area contributed by atoms with Gasteiger partial charge in [-0.25, -0.2) is 33.0 Å². The van der Waals surface area contributed by atoms with Crippen LogP contribution < -0.4 is 9.80 Å². The Labute approximate surface area is 557 Å². The number of piperidine rings is 2. The Balaban J connectivity index is 0.623. The van der Waals surface area contributed by atoms with Gasteiger partial charge < -0.3 is 29.6 Å². The lowest BCUT2D eigenvalue weighted by molar-refractivity contribution is -0.230. The van der Waals surface area contributed by atoms with Gasteiger partial charge in [-0.15, -0.1) is 0 Å². The van der Waals surface area contributed by atoms with Gasteiger partial charge in [-0.1, -0.05) is 65.8 Å². The Hall–Kier alpha value is -4.41. The number of aromatic carboxylic acids is 1. The van der Waals surface area contributed by atoms with Crippen molar-refractivity contribution < 1.29 is 37.8 Å². The molecule has 2 N–H and O–H groups in total. The van der Waals surface area contributed by atoms with E-state index in [4.69, 9.17) is 21.3 Å². The normalized spacial score (nSPS) is 43.6. The molecule has 0 aromatic carbocycles. The first kappa shape index (κ1) is 67.2. The van der Waals surface area contributed by atoms with Crippen molar-refractivity contribution in [2.24, 2.45) is 102 Å². The third kappa shape index (κ3) is 9.90. The summed E-state index contributed by atoms with van der Waals surface area (Å²) in [5, 5.41) is 20.5. The molecule has 16 heteroatoms. The first-order valence-corrected chi connectivity index (χ1v) is 38.2. The number of sulfone groups is 1. The molecule has 93 heavy (non-hydrogen) atoms. The second-order valence-electron chi connectivity index (χ2n) is 35.9. The van der Waals surface area contributed by atoms with Crippen LogP contribution in [0.3, 0.4) is 0 Å². The molecule has 8 saturated carbocycles. The largest absolute Gasteiger partial charge is 0.481 e. The highest BCUT2D eigenvalue weighted by atomic mass is 32.2. The molecule has 1 unspecified atom stereocenters. The predicted octanol–water partition coefficient (Wildman–Crippen LogP) is 14.5. The summed E-state index contributed by atoms with van der Waals surface area (Å²) >= 11 is 0. The number of fused-ring (bicyclic) bond motifs is 14.